The summed E-state index contributed by atoms with van der Waals surface area (Å²) in [5.74, 6) is 0.747. The Hall–Kier alpha value is -0.320. The topological polar surface area (TPSA) is 24.5 Å². The lowest BCUT2D eigenvalue weighted by molar-refractivity contribution is -0.0406. The van der Waals surface area contributed by atoms with Crippen molar-refractivity contribution in [2.45, 2.75) is 56.9 Å². The van der Waals surface area contributed by atoms with E-state index >= 15 is 0 Å². The minimum absolute atomic E-state index is 0.471. The van der Waals surface area contributed by atoms with Gasteiger partial charge in [-0.1, -0.05) is 29.3 Å². The van der Waals surface area contributed by atoms with Gasteiger partial charge in [0.15, 0.2) is 0 Å². The third-order valence-electron chi connectivity index (χ3n) is 5.83. The summed E-state index contributed by atoms with van der Waals surface area (Å²) >= 11 is 12.5. The van der Waals surface area contributed by atoms with Crippen LogP contribution in [0.3, 0.4) is 0 Å². The van der Waals surface area contributed by atoms with Crippen LogP contribution in [0, 0.1) is 5.92 Å². The second kappa shape index (κ2) is 7.51. The molecule has 2 bridgehead atoms. The van der Waals surface area contributed by atoms with E-state index in [2.05, 4.69) is 16.3 Å². The molecule has 5 heteroatoms. The fourth-order valence-corrected chi connectivity index (χ4v) is 5.01. The minimum atomic E-state index is 0.471. The first kappa shape index (κ1) is 17.1. The van der Waals surface area contributed by atoms with Crippen molar-refractivity contribution in [2.75, 3.05) is 19.6 Å². The van der Waals surface area contributed by atoms with Gasteiger partial charge in [0.2, 0.25) is 0 Å². The van der Waals surface area contributed by atoms with E-state index in [1.54, 1.807) is 0 Å². The summed E-state index contributed by atoms with van der Waals surface area (Å²) in [6, 6.07) is 6.51. The summed E-state index contributed by atoms with van der Waals surface area (Å²) in [5, 5.41) is 4.99. The van der Waals surface area contributed by atoms with E-state index in [-0.39, 0.29) is 0 Å². The molecular weight excluding hydrogens is 343 g/mol. The quantitative estimate of drug-likeness (QED) is 0.845. The monoisotopic (exact) mass is 368 g/mol. The predicted octanol–water partition coefficient (Wildman–Crippen LogP) is 4.11. The Morgan fingerprint density at radius 2 is 1.92 bits per heavy atom. The number of fused-ring (bicyclic) bond motifs is 2. The number of rotatable bonds is 5. The predicted molar refractivity (Wildman–Crippen MR) is 98.8 cm³/mol. The van der Waals surface area contributed by atoms with E-state index in [1.165, 1.54) is 37.7 Å². The van der Waals surface area contributed by atoms with Crippen LogP contribution in [0.15, 0.2) is 18.2 Å². The Kier molecular flexibility index (Phi) is 5.35. The third kappa shape index (κ3) is 3.91. The van der Waals surface area contributed by atoms with E-state index < -0.39 is 0 Å². The van der Waals surface area contributed by atoms with Crippen LogP contribution in [-0.4, -0.2) is 42.8 Å². The summed E-state index contributed by atoms with van der Waals surface area (Å²) in [6.45, 7) is 4.35. The molecule has 3 fully saturated rings. The standard InChI is InChI=1S/C19H26Cl2N2O/c20-15-2-1-14(19(21)7-15)12-23(11-13-5-6-22-10-13)16-8-17-3-4-18(9-16)24-17/h1-2,7,13,16-18,22H,3-6,8-12H2/t13-,16-,17+,18-/m1/s1. The summed E-state index contributed by atoms with van der Waals surface area (Å²) < 4.78 is 6.05. The molecule has 3 aliphatic heterocycles. The molecule has 0 radical (unpaired) electrons. The van der Waals surface area contributed by atoms with Gasteiger partial charge in [0.1, 0.15) is 0 Å². The molecule has 0 spiro atoms. The summed E-state index contributed by atoms with van der Waals surface area (Å²) in [5.41, 5.74) is 1.19. The van der Waals surface area contributed by atoms with Crippen molar-refractivity contribution in [3.05, 3.63) is 33.8 Å². The highest BCUT2D eigenvalue weighted by Gasteiger charge is 2.38. The lowest BCUT2D eigenvalue weighted by Gasteiger charge is -2.38. The number of nitrogens with one attached hydrogen (secondary N) is 1. The van der Waals surface area contributed by atoms with Gasteiger partial charge in [-0.15, -0.1) is 0 Å². The van der Waals surface area contributed by atoms with Crippen LogP contribution in [0.25, 0.3) is 0 Å². The van der Waals surface area contributed by atoms with Crippen LogP contribution in [0.2, 0.25) is 10.0 Å². The molecule has 0 amide bonds. The molecule has 0 aromatic heterocycles. The molecule has 0 unspecified atom stereocenters. The number of hydrogen-bond donors (Lipinski definition) is 1. The summed E-state index contributed by atoms with van der Waals surface area (Å²) in [6.07, 6.45) is 7.03. The molecule has 3 aliphatic rings. The Morgan fingerprint density at radius 1 is 1.12 bits per heavy atom. The van der Waals surface area contributed by atoms with Crippen LogP contribution >= 0.6 is 23.2 Å². The summed E-state index contributed by atoms with van der Waals surface area (Å²) in [4.78, 5) is 2.67. The molecule has 3 nitrogen and oxygen atoms in total. The van der Waals surface area contributed by atoms with E-state index in [0.29, 0.717) is 23.3 Å². The van der Waals surface area contributed by atoms with E-state index in [0.717, 1.165) is 37.1 Å². The zero-order valence-electron chi connectivity index (χ0n) is 14.0. The smallest absolute Gasteiger partial charge is 0.0594 e. The zero-order valence-corrected chi connectivity index (χ0v) is 15.5. The first-order valence-corrected chi connectivity index (χ1v) is 9.97. The molecule has 132 valence electrons. The minimum Gasteiger partial charge on any atom is -0.375 e. The van der Waals surface area contributed by atoms with Gasteiger partial charge in [0.05, 0.1) is 12.2 Å². The maximum Gasteiger partial charge on any atom is 0.0594 e. The normalized spacial score (nSPS) is 32.6. The Bertz CT molecular complexity index is 564. The van der Waals surface area contributed by atoms with E-state index in [9.17, 15) is 0 Å². The number of benzene rings is 1. The molecule has 24 heavy (non-hydrogen) atoms. The van der Waals surface area contributed by atoms with Gasteiger partial charge in [-0.2, -0.15) is 0 Å². The number of halogens is 2. The number of nitrogens with zero attached hydrogens (tertiary/aromatic N) is 1. The molecule has 4 atom stereocenters. The van der Waals surface area contributed by atoms with Crippen LogP contribution in [0.5, 0.6) is 0 Å². The highest BCUT2D eigenvalue weighted by Crippen LogP contribution is 2.36. The molecular formula is C19H26Cl2N2O. The second-order valence-electron chi connectivity index (χ2n) is 7.61. The molecule has 3 heterocycles. The van der Waals surface area contributed by atoms with Crippen molar-refractivity contribution < 1.29 is 4.74 Å². The number of hydrogen-bond acceptors (Lipinski definition) is 3. The largest absolute Gasteiger partial charge is 0.375 e. The van der Waals surface area contributed by atoms with Crippen molar-refractivity contribution in [1.82, 2.24) is 10.2 Å². The zero-order chi connectivity index (χ0) is 16.5. The van der Waals surface area contributed by atoms with Gasteiger partial charge in [-0.3, -0.25) is 4.90 Å². The van der Waals surface area contributed by atoms with Crippen LogP contribution in [0.4, 0.5) is 0 Å². The average Bonchev–Trinajstić information content (AvgIpc) is 3.18. The lowest BCUT2D eigenvalue weighted by Crippen LogP contribution is -2.44. The SMILES string of the molecule is Clc1ccc(CN(C[C@@H]2CCNC2)[C@H]2C[C@H]3CC[C@@H](C2)O3)c(Cl)c1. The highest BCUT2D eigenvalue weighted by atomic mass is 35.5. The van der Waals surface area contributed by atoms with Gasteiger partial charge in [0, 0.05) is 29.2 Å². The first-order valence-electron chi connectivity index (χ1n) is 9.21. The molecule has 0 aliphatic carbocycles. The van der Waals surface area contributed by atoms with Crippen molar-refractivity contribution in [3.8, 4) is 0 Å². The Balaban J connectivity index is 1.50. The van der Waals surface area contributed by atoms with E-state index in [1.807, 2.05) is 12.1 Å². The van der Waals surface area contributed by atoms with Crippen molar-refractivity contribution in [3.63, 3.8) is 0 Å². The first-order chi connectivity index (χ1) is 11.7. The second-order valence-corrected chi connectivity index (χ2v) is 8.45. The van der Waals surface area contributed by atoms with Gasteiger partial charge in [0.25, 0.3) is 0 Å². The fraction of sp³-hybridized carbons (Fsp3) is 0.684. The Morgan fingerprint density at radius 3 is 2.58 bits per heavy atom. The van der Waals surface area contributed by atoms with Gasteiger partial charge < -0.3 is 10.1 Å². The van der Waals surface area contributed by atoms with Crippen LogP contribution in [-0.2, 0) is 11.3 Å². The lowest BCUT2D eigenvalue weighted by atomic mass is 9.98. The third-order valence-corrected chi connectivity index (χ3v) is 6.41. The van der Waals surface area contributed by atoms with Crippen molar-refractivity contribution >= 4 is 23.2 Å². The van der Waals surface area contributed by atoms with E-state index in [4.69, 9.17) is 27.9 Å². The van der Waals surface area contributed by atoms with Crippen LogP contribution in [0.1, 0.15) is 37.7 Å². The van der Waals surface area contributed by atoms with Gasteiger partial charge in [-0.05, 0) is 68.8 Å². The molecule has 4 rings (SSSR count). The fourth-order valence-electron chi connectivity index (χ4n) is 4.54. The Labute approximate surface area is 154 Å². The maximum atomic E-state index is 6.45. The van der Waals surface area contributed by atoms with Crippen LogP contribution < -0.4 is 5.32 Å². The average molecular weight is 369 g/mol. The summed E-state index contributed by atoms with van der Waals surface area (Å²) in [7, 11) is 0. The number of ether oxygens (including phenoxy) is 1. The molecule has 3 saturated heterocycles. The van der Waals surface area contributed by atoms with Gasteiger partial charge in [-0.25, -0.2) is 0 Å². The molecule has 1 N–H and O–H groups in total. The molecule has 1 aromatic carbocycles. The molecule has 1 aromatic rings. The van der Waals surface area contributed by atoms with Crippen molar-refractivity contribution in [2.24, 2.45) is 5.92 Å². The maximum absolute atomic E-state index is 6.45. The molecule has 0 saturated carbocycles. The van der Waals surface area contributed by atoms with Gasteiger partial charge >= 0.3 is 0 Å². The van der Waals surface area contributed by atoms with Crippen molar-refractivity contribution in [1.29, 1.82) is 0 Å². The highest BCUT2D eigenvalue weighted by molar-refractivity contribution is 6.35.